The number of carbonyl (C=O) groups excluding carboxylic acids is 1. The summed E-state index contributed by atoms with van der Waals surface area (Å²) in [6.45, 7) is 3.52. The Balaban J connectivity index is 2.42. The summed E-state index contributed by atoms with van der Waals surface area (Å²) >= 11 is 0. The maximum absolute atomic E-state index is 11.6. The summed E-state index contributed by atoms with van der Waals surface area (Å²) < 4.78 is 24.4. The molecule has 0 fully saturated rings. The molecule has 0 saturated carbocycles. The van der Waals surface area contributed by atoms with Crippen LogP contribution in [0.2, 0.25) is 0 Å². The van der Waals surface area contributed by atoms with Crippen molar-refractivity contribution in [1.82, 2.24) is 14.9 Å². The first kappa shape index (κ1) is 16.4. The molecule has 1 aromatic rings. The van der Waals surface area contributed by atoms with Gasteiger partial charge in [0, 0.05) is 18.9 Å². The zero-order chi connectivity index (χ0) is 15.2. The van der Waals surface area contributed by atoms with Crippen LogP contribution in [0.15, 0.2) is 23.3 Å². The minimum atomic E-state index is -3.15. The van der Waals surface area contributed by atoms with E-state index in [2.05, 4.69) is 10.3 Å². The third kappa shape index (κ3) is 5.96. The van der Waals surface area contributed by atoms with Crippen molar-refractivity contribution in [2.45, 2.75) is 20.4 Å². The predicted octanol–water partition coefficient (Wildman–Crippen LogP) is -0.570. The zero-order valence-corrected chi connectivity index (χ0v) is 12.4. The molecule has 7 nitrogen and oxygen atoms in total. The van der Waals surface area contributed by atoms with E-state index >= 15 is 0 Å². The Morgan fingerprint density at radius 3 is 2.75 bits per heavy atom. The lowest BCUT2D eigenvalue weighted by atomic mass is 10.3. The maximum atomic E-state index is 11.6. The van der Waals surface area contributed by atoms with Gasteiger partial charge in [-0.2, -0.15) is 0 Å². The van der Waals surface area contributed by atoms with Crippen LogP contribution in [0.1, 0.15) is 13.8 Å². The highest BCUT2D eigenvalue weighted by molar-refractivity contribution is 7.91. The van der Waals surface area contributed by atoms with Crippen molar-refractivity contribution in [3.8, 4) is 0 Å². The molecule has 0 spiro atoms. The van der Waals surface area contributed by atoms with E-state index < -0.39 is 21.4 Å². The smallest absolute Gasteiger partial charge is 0.347 e. The fraction of sp³-hybridized carbons (Fsp3) is 0.583. The SMILES string of the molecule is CC(C)CS(=O)(=O)CCNC(=O)Cn1cccnc1=O. The molecule has 0 bridgehead atoms. The summed E-state index contributed by atoms with van der Waals surface area (Å²) in [4.78, 5) is 26.4. The van der Waals surface area contributed by atoms with Gasteiger partial charge in [0.2, 0.25) is 5.91 Å². The van der Waals surface area contributed by atoms with Crippen LogP contribution in [0, 0.1) is 5.92 Å². The Bertz CT molecular complexity index is 607. The number of sulfone groups is 1. The minimum absolute atomic E-state index is 0.0445. The topological polar surface area (TPSA) is 98.1 Å². The largest absolute Gasteiger partial charge is 0.354 e. The molecule has 1 amide bonds. The lowest BCUT2D eigenvalue weighted by molar-refractivity contribution is -0.121. The van der Waals surface area contributed by atoms with Gasteiger partial charge >= 0.3 is 5.69 Å². The van der Waals surface area contributed by atoms with Gasteiger partial charge in [0.05, 0.1) is 11.5 Å². The third-order valence-electron chi connectivity index (χ3n) is 2.42. The van der Waals surface area contributed by atoms with E-state index in [-0.39, 0.29) is 30.5 Å². The van der Waals surface area contributed by atoms with Gasteiger partial charge < -0.3 is 5.32 Å². The molecular weight excluding hydrogens is 282 g/mol. The van der Waals surface area contributed by atoms with Gasteiger partial charge in [-0.1, -0.05) is 13.8 Å². The molecule has 0 aliphatic carbocycles. The molecule has 112 valence electrons. The standard InChI is InChI=1S/C12H19N3O4S/c1-10(2)9-20(18,19)7-5-13-11(16)8-15-6-3-4-14-12(15)17/h3-4,6,10H,5,7-9H2,1-2H3,(H,13,16). The van der Waals surface area contributed by atoms with E-state index in [0.29, 0.717) is 0 Å². The van der Waals surface area contributed by atoms with Gasteiger partial charge in [0.1, 0.15) is 6.54 Å². The molecule has 0 radical (unpaired) electrons. The van der Waals surface area contributed by atoms with Gasteiger partial charge in [-0.25, -0.2) is 18.2 Å². The molecule has 20 heavy (non-hydrogen) atoms. The monoisotopic (exact) mass is 301 g/mol. The number of carbonyl (C=O) groups is 1. The van der Waals surface area contributed by atoms with Crippen LogP contribution in [0.3, 0.4) is 0 Å². The lowest BCUT2D eigenvalue weighted by Crippen LogP contribution is -2.35. The molecule has 0 saturated heterocycles. The van der Waals surface area contributed by atoms with Crippen LogP contribution in [0.4, 0.5) is 0 Å². The molecule has 8 heteroatoms. The molecule has 1 aromatic heterocycles. The second-order valence-corrected chi connectivity index (χ2v) is 7.12. The molecule has 0 unspecified atom stereocenters. The Morgan fingerprint density at radius 2 is 2.15 bits per heavy atom. The highest BCUT2D eigenvalue weighted by atomic mass is 32.2. The van der Waals surface area contributed by atoms with Crippen molar-refractivity contribution in [1.29, 1.82) is 0 Å². The van der Waals surface area contributed by atoms with E-state index in [1.807, 2.05) is 13.8 Å². The molecule has 0 aliphatic rings. The van der Waals surface area contributed by atoms with Gasteiger partial charge in [-0.15, -0.1) is 0 Å². The van der Waals surface area contributed by atoms with Crippen LogP contribution in [0.5, 0.6) is 0 Å². The van der Waals surface area contributed by atoms with Crippen LogP contribution in [0.25, 0.3) is 0 Å². The molecule has 0 aliphatic heterocycles. The highest BCUT2D eigenvalue weighted by Crippen LogP contribution is 1.99. The Labute approximate surface area is 117 Å². The summed E-state index contributed by atoms with van der Waals surface area (Å²) in [6, 6.07) is 1.54. The molecule has 1 heterocycles. The van der Waals surface area contributed by atoms with Crippen LogP contribution < -0.4 is 11.0 Å². The minimum Gasteiger partial charge on any atom is -0.354 e. The summed E-state index contributed by atoms with van der Waals surface area (Å²) in [5.41, 5.74) is -0.518. The van der Waals surface area contributed by atoms with Crippen LogP contribution >= 0.6 is 0 Å². The van der Waals surface area contributed by atoms with E-state index in [9.17, 15) is 18.0 Å². The second kappa shape index (κ2) is 7.18. The van der Waals surface area contributed by atoms with E-state index in [1.165, 1.54) is 12.4 Å². The van der Waals surface area contributed by atoms with Gasteiger partial charge in [0.25, 0.3) is 0 Å². The average molecular weight is 301 g/mol. The van der Waals surface area contributed by atoms with Gasteiger partial charge in [0.15, 0.2) is 9.84 Å². The van der Waals surface area contributed by atoms with Crippen molar-refractivity contribution in [2.24, 2.45) is 5.92 Å². The number of hydrogen-bond acceptors (Lipinski definition) is 5. The number of hydrogen-bond donors (Lipinski definition) is 1. The van der Waals surface area contributed by atoms with Crippen molar-refractivity contribution in [3.63, 3.8) is 0 Å². The Morgan fingerprint density at radius 1 is 1.45 bits per heavy atom. The summed E-state index contributed by atoms with van der Waals surface area (Å²) in [6.07, 6.45) is 2.79. The molecule has 0 atom stereocenters. The van der Waals surface area contributed by atoms with Crippen LogP contribution in [-0.4, -0.2) is 41.9 Å². The average Bonchev–Trinajstić information content (AvgIpc) is 2.30. The predicted molar refractivity (Wildman–Crippen MR) is 75.0 cm³/mol. The van der Waals surface area contributed by atoms with Crippen LogP contribution in [-0.2, 0) is 21.2 Å². The molecule has 0 aromatic carbocycles. The van der Waals surface area contributed by atoms with E-state index in [0.717, 1.165) is 4.57 Å². The number of nitrogens with zero attached hydrogens (tertiary/aromatic N) is 2. The molecular formula is C12H19N3O4S. The van der Waals surface area contributed by atoms with Crippen molar-refractivity contribution in [3.05, 3.63) is 28.9 Å². The van der Waals surface area contributed by atoms with Gasteiger partial charge in [-0.05, 0) is 12.0 Å². The number of rotatable bonds is 7. The fourth-order valence-electron chi connectivity index (χ4n) is 1.66. The summed E-state index contributed by atoms with van der Waals surface area (Å²) in [5, 5.41) is 2.48. The zero-order valence-electron chi connectivity index (χ0n) is 11.6. The van der Waals surface area contributed by atoms with E-state index in [4.69, 9.17) is 0 Å². The summed E-state index contributed by atoms with van der Waals surface area (Å²) in [5.74, 6) is -0.353. The number of amides is 1. The van der Waals surface area contributed by atoms with E-state index in [1.54, 1.807) is 6.07 Å². The van der Waals surface area contributed by atoms with Crippen molar-refractivity contribution >= 4 is 15.7 Å². The first-order valence-corrected chi connectivity index (χ1v) is 8.11. The normalized spacial score (nSPS) is 11.6. The Hall–Kier alpha value is -1.70. The third-order valence-corrected chi connectivity index (χ3v) is 4.42. The molecule has 1 N–H and O–H groups in total. The van der Waals surface area contributed by atoms with Crippen molar-refractivity contribution in [2.75, 3.05) is 18.1 Å². The Kier molecular flexibility index (Phi) is 5.87. The maximum Gasteiger partial charge on any atom is 0.347 e. The quantitative estimate of drug-likeness (QED) is 0.727. The highest BCUT2D eigenvalue weighted by Gasteiger charge is 2.13. The first-order valence-electron chi connectivity index (χ1n) is 6.29. The number of nitrogens with one attached hydrogen (secondary N) is 1. The second-order valence-electron chi connectivity index (χ2n) is 4.89. The lowest BCUT2D eigenvalue weighted by Gasteiger charge is -2.08. The fourth-order valence-corrected chi connectivity index (χ4v) is 3.25. The van der Waals surface area contributed by atoms with Gasteiger partial charge in [-0.3, -0.25) is 9.36 Å². The number of aromatic nitrogens is 2. The van der Waals surface area contributed by atoms with Crippen molar-refractivity contribution < 1.29 is 13.2 Å². The summed E-state index contributed by atoms with van der Waals surface area (Å²) in [7, 11) is -3.15. The molecule has 1 rings (SSSR count). The first-order chi connectivity index (χ1) is 9.30.